The molecule has 0 aliphatic rings. The zero-order chi connectivity index (χ0) is 11.5. The van der Waals surface area contributed by atoms with Crippen molar-refractivity contribution in [2.75, 3.05) is 0 Å². The summed E-state index contributed by atoms with van der Waals surface area (Å²) in [5.41, 5.74) is 5.65. The highest BCUT2D eigenvalue weighted by Gasteiger charge is 2.09. The lowest BCUT2D eigenvalue weighted by atomic mass is 10.0. The molecule has 2 heteroatoms. The van der Waals surface area contributed by atoms with Gasteiger partial charge >= 0.3 is 0 Å². The minimum Gasteiger partial charge on any atom is -0.322 e. The first-order chi connectivity index (χ1) is 7.22. The van der Waals surface area contributed by atoms with E-state index in [1.54, 1.807) is 0 Å². The van der Waals surface area contributed by atoms with Crippen LogP contribution in [0.4, 0.5) is 0 Å². The number of carbonyl (C=O) groups excluding carboxylic acids is 1. The Bertz CT molecular complexity index is 157. The molecule has 0 saturated heterocycles. The molecule has 0 aliphatic heterocycles. The van der Waals surface area contributed by atoms with Crippen molar-refractivity contribution in [2.24, 2.45) is 5.73 Å². The lowest BCUT2D eigenvalue weighted by Gasteiger charge is -2.06. The second kappa shape index (κ2) is 10.2. The Kier molecular flexibility index (Phi) is 9.91. The summed E-state index contributed by atoms with van der Waals surface area (Å²) < 4.78 is 0. The Labute approximate surface area is 94.6 Å². The standard InChI is InChI=1S/C13H27NO/c1-3-5-6-7-8-9-10-11-13(15)12(14)4-2/h12H,3-11,14H2,1-2H3/t12-/m0/s1. The van der Waals surface area contributed by atoms with Crippen molar-refractivity contribution in [3.8, 4) is 0 Å². The van der Waals surface area contributed by atoms with E-state index in [1.807, 2.05) is 6.92 Å². The molecule has 0 unspecified atom stereocenters. The summed E-state index contributed by atoms with van der Waals surface area (Å²) >= 11 is 0. The van der Waals surface area contributed by atoms with Gasteiger partial charge < -0.3 is 5.73 Å². The molecular formula is C13H27NO. The van der Waals surface area contributed by atoms with E-state index in [1.165, 1.54) is 38.5 Å². The molecule has 90 valence electrons. The van der Waals surface area contributed by atoms with E-state index in [0.29, 0.717) is 6.42 Å². The third-order valence-electron chi connectivity index (χ3n) is 2.88. The Hall–Kier alpha value is -0.370. The van der Waals surface area contributed by atoms with Crippen LogP contribution in [0.15, 0.2) is 0 Å². The first-order valence-corrected chi connectivity index (χ1v) is 6.50. The number of ketones is 1. The molecule has 0 aliphatic carbocycles. The molecule has 1 atom stereocenters. The fourth-order valence-electron chi connectivity index (χ4n) is 1.67. The van der Waals surface area contributed by atoms with E-state index in [2.05, 4.69) is 6.92 Å². The number of rotatable bonds is 10. The summed E-state index contributed by atoms with van der Waals surface area (Å²) in [7, 11) is 0. The molecule has 0 fully saturated rings. The monoisotopic (exact) mass is 213 g/mol. The van der Waals surface area contributed by atoms with Gasteiger partial charge in [0.25, 0.3) is 0 Å². The van der Waals surface area contributed by atoms with Gasteiger partial charge in [-0.2, -0.15) is 0 Å². The number of unbranched alkanes of at least 4 members (excludes halogenated alkanes) is 6. The molecule has 15 heavy (non-hydrogen) atoms. The van der Waals surface area contributed by atoms with Gasteiger partial charge in [-0.3, -0.25) is 4.79 Å². The maximum atomic E-state index is 11.4. The molecule has 0 spiro atoms. The molecule has 0 aromatic rings. The Morgan fingerprint density at radius 2 is 1.53 bits per heavy atom. The predicted molar refractivity (Wildman–Crippen MR) is 65.9 cm³/mol. The number of nitrogens with two attached hydrogens (primary N) is 1. The zero-order valence-corrected chi connectivity index (χ0v) is 10.4. The molecule has 0 heterocycles. The molecular weight excluding hydrogens is 186 g/mol. The average Bonchev–Trinajstić information content (AvgIpc) is 2.26. The van der Waals surface area contributed by atoms with Crippen molar-refractivity contribution in [3.63, 3.8) is 0 Å². The molecule has 0 radical (unpaired) electrons. The Morgan fingerprint density at radius 1 is 1.00 bits per heavy atom. The maximum absolute atomic E-state index is 11.4. The van der Waals surface area contributed by atoms with E-state index in [9.17, 15) is 4.79 Å². The van der Waals surface area contributed by atoms with Gasteiger partial charge in [-0.05, 0) is 12.8 Å². The minimum absolute atomic E-state index is 0.218. The van der Waals surface area contributed by atoms with Crippen LogP contribution in [-0.4, -0.2) is 11.8 Å². The average molecular weight is 213 g/mol. The maximum Gasteiger partial charge on any atom is 0.149 e. The van der Waals surface area contributed by atoms with Crippen LogP contribution in [0, 0.1) is 0 Å². The third-order valence-corrected chi connectivity index (χ3v) is 2.88. The SMILES string of the molecule is CCCCCCCCCC(=O)[C@@H](N)CC. The molecule has 2 N–H and O–H groups in total. The lowest BCUT2D eigenvalue weighted by molar-refractivity contribution is -0.120. The van der Waals surface area contributed by atoms with Crippen molar-refractivity contribution in [1.29, 1.82) is 0 Å². The van der Waals surface area contributed by atoms with Gasteiger partial charge in [-0.15, -0.1) is 0 Å². The van der Waals surface area contributed by atoms with Gasteiger partial charge in [0.2, 0.25) is 0 Å². The number of Topliss-reactive ketones (excluding diaryl/α,β-unsaturated/α-hetero) is 1. The number of hydrogen-bond donors (Lipinski definition) is 1. The van der Waals surface area contributed by atoms with Crippen molar-refractivity contribution < 1.29 is 4.79 Å². The molecule has 2 nitrogen and oxygen atoms in total. The summed E-state index contributed by atoms with van der Waals surface area (Å²) in [6.45, 7) is 4.19. The first kappa shape index (κ1) is 14.6. The van der Waals surface area contributed by atoms with Gasteiger partial charge in [0.15, 0.2) is 0 Å². The van der Waals surface area contributed by atoms with Crippen LogP contribution in [0.2, 0.25) is 0 Å². The molecule has 0 amide bonds. The van der Waals surface area contributed by atoms with Gasteiger partial charge in [-0.1, -0.05) is 52.4 Å². The highest BCUT2D eigenvalue weighted by Crippen LogP contribution is 2.09. The Morgan fingerprint density at radius 3 is 2.07 bits per heavy atom. The molecule has 0 rings (SSSR count). The van der Waals surface area contributed by atoms with Crippen LogP contribution in [-0.2, 0) is 4.79 Å². The van der Waals surface area contributed by atoms with E-state index in [-0.39, 0.29) is 11.8 Å². The highest BCUT2D eigenvalue weighted by molar-refractivity contribution is 5.83. The van der Waals surface area contributed by atoms with Crippen LogP contribution in [0.3, 0.4) is 0 Å². The summed E-state index contributed by atoms with van der Waals surface area (Å²) in [6, 6.07) is -0.218. The quantitative estimate of drug-likeness (QED) is 0.565. The number of carbonyl (C=O) groups is 1. The largest absolute Gasteiger partial charge is 0.322 e. The zero-order valence-electron chi connectivity index (χ0n) is 10.4. The fourth-order valence-corrected chi connectivity index (χ4v) is 1.67. The summed E-state index contributed by atoms with van der Waals surface area (Å²) in [5, 5.41) is 0. The summed E-state index contributed by atoms with van der Waals surface area (Å²) in [6.07, 6.45) is 10.3. The van der Waals surface area contributed by atoms with Crippen LogP contribution in [0.25, 0.3) is 0 Å². The molecule has 0 aromatic carbocycles. The van der Waals surface area contributed by atoms with E-state index in [0.717, 1.165) is 12.8 Å². The first-order valence-electron chi connectivity index (χ1n) is 6.50. The van der Waals surface area contributed by atoms with Crippen molar-refractivity contribution in [2.45, 2.75) is 77.7 Å². The lowest BCUT2D eigenvalue weighted by Crippen LogP contribution is -2.29. The van der Waals surface area contributed by atoms with Crippen LogP contribution >= 0.6 is 0 Å². The third kappa shape index (κ3) is 8.61. The topological polar surface area (TPSA) is 43.1 Å². The normalized spacial score (nSPS) is 12.7. The van der Waals surface area contributed by atoms with Crippen LogP contribution in [0.1, 0.15) is 71.6 Å². The van der Waals surface area contributed by atoms with Crippen LogP contribution in [0.5, 0.6) is 0 Å². The Balaban J connectivity index is 3.20. The van der Waals surface area contributed by atoms with Crippen molar-refractivity contribution in [1.82, 2.24) is 0 Å². The predicted octanol–water partition coefficient (Wildman–Crippen LogP) is 3.43. The van der Waals surface area contributed by atoms with Gasteiger partial charge in [0, 0.05) is 6.42 Å². The molecule has 0 bridgehead atoms. The van der Waals surface area contributed by atoms with Crippen molar-refractivity contribution in [3.05, 3.63) is 0 Å². The van der Waals surface area contributed by atoms with Gasteiger partial charge in [0.1, 0.15) is 5.78 Å². The minimum atomic E-state index is -0.218. The molecule has 0 aromatic heterocycles. The highest BCUT2D eigenvalue weighted by atomic mass is 16.1. The van der Waals surface area contributed by atoms with Crippen molar-refractivity contribution >= 4 is 5.78 Å². The molecule has 0 saturated carbocycles. The summed E-state index contributed by atoms with van der Waals surface area (Å²) in [5.74, 6) is 0.242. The second-order valence-electron chi connectivity index (χ2n) is 4.35. The number of hydrogen-bond acceptors (Lipinski definition) is 2. The second-order valence-corrected chi connectivity index (χ2v) is 4.35. The summed E-state index contributed by atoms with van der Waals surface area (Å²) in [4.78, 5) is 11.4. The van der Waals surface area contributed by atoms with Crippen LogP contribution < -0.4 is 5.73 Å². The van der Waals surface area contributed by atoms with E-state index >= 15 is 0 Å². The van der Waals surface area contributed by atoms with Gasteiger partial charge in [-0.25, -0.2) is 0 Å². The van der Waals surface area contributed by atoms with E-state index in [4.69, 9.17) is 5.73 Å². The smallest absolute Gasteiger partial charge is 0.149 e. The fraction of sp³-hybridized carbons (Fsp3) is 0.923. The van der Waals surface area contributed by atoms with E-state index < -0.39 is 0 Å². The van der Waals surface area contributed by atoms with Gasteiger partial charge in [0.05, 0.1) is 6.04 Å².